The second kappa shape index (κ2) is 7.84. The number of rotatable bonds is 3. The molecule has 9 nitrogen and oxygen atoms in total. The molecule has 0 bridgehead atoms. The second-order valence-corrected chi connectivity index (χ2v) is 9.53. The maximum Gasteiger partial charge on any atom is 0.292 e. The molecule has 0 radical (unpaired) electrons. The van der Waals surface area contributed by atoms with Gasteiger partial charge in [-0.25, -0.2) is 8.42 Å². The minimum atomic E-state index is -3.69. The Bertz CT molecular complexity index is 1090. The van der Waals surface area contributed by atoms with E-state index in [-0.39, 0.29) is 48.6 Å². The topological polar surface area (TPSA) is 104 Å². The molecule has 4 rings (SSSR count). The van der Waals surface area contributed by atoms with Gasteiger partial charge in [-0.1, -0.05) is 5.16 Å². The fraction of sp³-hybridized carbons (Fsp3) is 0.450. The molecule has 1 aromatic heterocycles. The van der Waals surface area contributed by atoms with Gasteiger partial charge in [-0.15, -0.1) is 0 Å². The van der Waals surface area contributed by atoms with Crippen molar-refractivity contribution in [1.82, 2.24) is 14.4 Å². The van der Waals surface area contributed by atoms with Gasteiger partial charge in [0.05, 0.1) is 10.6 Å². The first-order chi connectivity index (χ1) is 14.3. The Hall–Kier alpha value is -2.72. The fourth-order valence-corrected chi connectivity index (χ4v) is 5.44. The number of amides is 2. The van der Waals surface area contributed by atoms with Crippen molar-refractivity contribution in [2.45, 2.75) is 31.6 Å². The van der Waals surface area contributed by atoms with Crippen molar-refractivity contribution in [2.75, 3.05) is 37.6 Å². The van der Waals surface area contributed by atoms with E-state index >= 15 is 0 Å². The molecule has 2 amide bonds. The molecule has 2 aromatic rings. The molecule has 30 heavy (non-hydrogen) atoms. The smallest absolute Gasteiger partial charge is 0.292 e. The molecule has 0 spiro atoms. The minimum absolute atomic E-state index is 0.0469. The highest BCUT2D eigenvalue weighted by molar-refractivity contribution is 7.89. The normalized spacial score (nSPS) is 17.7. The monoisotopic (exact) mass is 432 g/mol. The van der Waals surface area contributed by atoms with Gasteiger partial charge in [-0.2, -0.15) is 4.31 Å². The van der Waals surface area contributed by atoms with Crippen LogP contribution in [-0.2, 0) is 21.2 Å². The molecular weight excluding hydrogens is 408 g/mol. The Morgan fingerprint density at radius 2 is 1.80 bits per heavy atom. The molecule has 0 N–H and O–H groups in total. The number of carbonyl (C=O) groups excluding carboxylic acids is 2. The number of hydrogen-bond donors (Lipinski definition) is 0. The van der Waals surface area contributed by atoms with Crippen LogP contribution in [-0.4, -0.2) is 67.3 Å². The minimum Gasteiger partial charge on any atom is -0.351 e. The number of aromatic nitrogens is 1. The average molecular weight is 433 g/mol. The number of nitrogens with zero attached hydrogens (tertiary/aromatic N) is 4. The number of benzene rings is 1. The van der Waals surface area contributed by atoms with Gasteiger partial charge in [0.2, 0.25) is 21.7 Å². The number of carbonyl (C=O) groups is 2. The van der Waals surface area contributed by atoms with Crippen LogP contribution < -0.4 is 4.90 Å². The van der Waals surface area contributed by atoms with Crippen LogP contribution in [0.15, 0.2) is 33.7 Å². The van der Waals surface area contributed by atoms with E-state index in [2.05, 4.69) is 5.16 Å². The quantitative estimate of drug-likeness (QED) is 0.727. The predicted octanol–water partition coefficient (Wildman–Crippen LogP) is 1.43. The van der Waals surface area contributed by atoms with E-state index in [9.17, 15) is 18.0 Å². The Morgan fingerprint density at radius 3 is 2.43 bits per heavy atom. The highest BCUT2D eigenvalue weighted by Gasteiger charge is 2.32. The summed E-state index contributed by atoms with van der Waals surface area (Å²) in [4.78, 5) is 27.8. The summed E-state index contributed by atoms with van der Waals surface area (Å²) in [6.07, 6.45) is 1.54. The number of aryl methyl sites for hydroxylation is 2. The summed E-state index contributed by atoms with van der Waals surface area (Å²) < 4.78 is 32.7. The Kier molecular flexibility index (Phi) is 5.37. The molecule has 1 saturated heterocycles. The lowest BCUT2D eigenvalue weighted by molar-refractivity contribution is -0.116. The number of hydrogen-bond acceptors (Lipinski definition) is 6. The van der Waals surface area contributed by atoms with E-state index in [1.165, 1.54) is 11.2 Å². The van der Waals surface area contributed by atoms with Crippen molar-refractivity contribution in [3.63, 3.8) is 0 Å². The van der Waals surface area contributed by atoms with Crippen molar-refractivity contribution in [3.05, 3.63) is 41.3 Å². The SMILES string of the molecule is CC(=O)N1CCCc2cc(S(=O)(=O)N3CCN(C(=O)c4cc(C)no4)CC3)ccc21. The van der Waals surface area contributed by atoms with Crippen LogP contribution in [0.5, 0.6) is 0 Å². The lowest BCUT2D eigenvalue weighted by Crippen LogP contribution is -2.50. The van der Waals surface area contributed by atoms with Crippen molar-refractivity contribution in [2.24, 2.45) is 0 Å². The van der Waals surface area contributed by atoms with Crippen LogP contribution in [0.1, 0.15) is 35.2 Å². The molecule has 0 aliphatic carbocycles. The van der Waals surface area contributed by atoms with Crippen LogP contribution in [0.2, 0.25) is 0 Å². The first kappa shape index (κ1) is 20.5. The van der Waals surface area contributed by atoms with E-state index in [1.807, 2.05) is 0 Å². The molecule has 0 atom stereocenters. The number of piperazine rings is 1. The summed E-state index contributed by atoms with van der Waals surface area (Å²) in [5.74, 6) is -0.173. The van der Waals surface area contributed by atoms with Crippen LogP contribution >= 0.6 is 0 Å². The highest BCUT2D eigenvalue weighted by atomic mass is 32.2. The number of anilines is 1. The second-order valence-electron chi connectivity index (χ2n) is 7.59. The van der Waals surface area contributed by atoms with Gasteiger partial charge in [0.1, 0.15) is 0 Å². The van der Waals surface area contributed by atoms with Crippen LogP contribution in [0.4, 0.5) is 5.69 Å². The van der Waals surface area contributed by atoms with E-state index in [1.54, 1.807) is 41.0 Å². The zero-order chi connectivity index (χ0) is 21.5. The number of fused-ring (bicyclic) bond motifs is 1. The van der Waals surface area contributed by atoms with Gasteiger partial charge in [-0.3, -0.25) is 9.59 Å². The Labute approximate surface area is 175 Å². The molecule has 1 aromatic carbocycles. The van der Waals surface area contributed by atoms with Gasteiger partial charge in [0.25, 0.3) is 5.91 Å². The number of sulfonamides is 1. The third-order valence-corrected chi connectivity index (χ3v) is 7.45. The first-order valence-corrected chi connectivity index (χ1v) is 11.3. The fourth-order valence-electron chi connectivity index (χ4n) is 3.96. The van der Waals surface area contributed by atoms with Crippen LogP contribution in [0.3, 0.4) is 0 Å². The molecule has 2 aliphatic heterocycles. The molecular formula is C20H24N4O5S. The predicted molar refractivity (Wildman–Crippen MR) is 109 cm³/mol. The van der Waals surface area contributed by atoms with Gasteiger partial charge in [0.15, 0.2) is 0 Å². The maximum absolute atomic E-state index is 13.2. The maximum atomic E-state index is 13.2. The molecule has 1 fully saturated rings. The summed E-state index contributed by atoms with van der Waals surface area (Å²) in [7, 11) is -3.69. The van der Waals surface area contributed by atoms with Gasteiger partial charge >= 0.3 is 0 Å². The van der Waals surface area contributed by atoms with E-state index < -0.39 is 10.0 Å². The van der Waals surface area contributed by atoms with Gasteiger partial charge in [-0.05, 0) is 43.5 Å². The lowest BCUT2D eigenvalue weighted by atomic mass is 10.0. The molecule has 10 heteroatoms. The van der Waals surface area contributed by atoms with E-state index in [4.69, 9.17) is 4.52 Å². The molecule has 160 valence electrons. The van der Waals surface area contributed by atoms with Crippen molar-refractivity contribution in [1.29, 1.82) is 0 Å². The summed E-state index contributed by atoms with van der Waals surface area (Å²) in [6, 6.07) is 6.52. The Morgan fingerprint density at radius 1 is 1.07 bits per heavy atom. The highest BCUT2D eigenvalue weighted by Crippen LogP contribution is 2.30. The Balaban J connectivity index is 1.48. The summed E-state index contributed by atoms with van der Waals surface area (Å²) in [6.45, 7) is 4.87. The van der Waals surface area contributed by atoms with E-state index in [0.29, 0.717) is 12.2 Å². The van der Waals surface area contributed by atoms with Gasteiger partial charge < -0.3 is 14.3 Å². The van der Waals surface area contributed by atoms with Crippen LogP contribution in [0.25, 0.3) is 0 Å². The van der Waals surface area contributed by atoms with E-state index in [0.717, 1.165) is 24.1 Å². The van der Waals surface area contributed by atoms with Crippen LogP contribution in [0, 0.1) is 6.92 Å². The summed E-state index contributed by atoms with van der Waals surface area (Å²) in [5, 5.41) is 3.72. The third kappa shape index (κ3) is 3.72. The summed E-state index contributed by atoms with van der Waals surface area (Å²) >= 11 is 0. The molecule has 2 aliphatic rings. The standard InChI is InChI=1S/C20H24N4O5S/c1-14-12-19(29-21-14)20(26)22-8-10-23(11-9-22)30(27,28)17-5-6-18-16(13-17)4-3-7-24(18)15(2)25/h5-6,12-13H,3-4,7-11H2,1-2H3. The molecule has 0 unspecified atom stereocenters. The largest absolute Gasteiger partial charge is 0.351 e. The molecule has 0 saturated carbocycles. The molecule has 3 heterocycles. The average Bonchev–Trinajstić information content (AvgIpc) is 3.18. The zero-order valence-electron chi connectivity index (χ0n) is 17.0. The van der Waals surface area contributed by atoms with Crippen molar-refractivity contribution in [3.8, 4) is 0 Å². The zero-order valence-corrected chi connectivity index (χ0v) is 17.8. The summed E-state index contributed by atoms with van der Waals surface area (Å²) in [5.41, 5.74) is 2.27. The van der Waals surface area contributed by atoms with Gasteiger partial charge in [0, 0.05) is 51.4 Å². The van der Waals surface area contributed by atoms with Crippen molar-refractivity contribution >= 4 is 27.5 Å². The lowest BCUT2D eigenvalue weighted by Gasteiger charge is -2.34. The van der Waals surface area contributed by atoms with Crippen molar-refractivity contribution < 1.29 is 22.5 Å². The first-order valence-electron chi connectivity index (χ1n) is 9.91. The third-order valence-electron chi connectivity index (χ3n) is 5.55.